The van der Waals surface area contributed by atoms with Crippen LogP contribution in [0, 0.1) is 5.82 Å². The van der Waals surface area contributed by atoms with E-state index in [1.807, 2.05) is 6.92 Å². The highest BCUT2D eigenvalue weighted by Crippen LogP contribution is 2.33. The molecule has 1 unspecified atom stereocenters. The number of hydrogen-bond donors (Lipinski definition) is 3. The van der Waals surface area contributed by atoms with Gasteiger partial charge in [-0.3, -0.25) is 0 Å². The molecule has 0 aliphatic heterocycles. The quantitative estimate of drug-likeness (QED) is 0.401. The van der Waals surface area contributed by atoms with Crippen LogP contribution in [0.15, 0.2) is 47.5 Å². The Kier molecular flexibility index (Phi) is 9.27. The molecule has 0 radical (unpaired) electrons. The summed E-state index contributed by atoms with van der Waals surface area (Å²) in [7, 11) is 0. The lowest BCUT2D eigenvalue weighted by molar-refractivity contribution is -0.0520. The summed E-state index contributed by atoms with van der Waals surface area (Å²) in [6, 6.07) is 10.8. The number of guanidine groups is 1. The van der Waals surface area contributed by atoms with E-state index >= 15 is 0 Å². The van der Waals surface area contributed by atoms with Crippen molar-refractivity contribution in [1.82, 2.24) is 10.6 Å². The number of ether oxygens (including phenoxy) is 2. The molecule has 30 heavy (non-hydrogen) atoms. The highest BCUT2D eigenvalue weighted by Gasteiger charge is 2.16. The average molecular weight is 425 g/mol. The lowest BCUT2D eigenvalue weighted by atomic mass is 10.1. The fourth-order valence-electron chi connectivity index (χ4n) is 2.73. The second kappa shape index (κ2) is 11.9. The van der Waals surface area contributed by atoms with Crippen LogP contribution in [0.2, 0.25) is 0 Å². The van der Waals surface area contributed by atoms with Crippen LogP contribution >= 0.6 is 0 Å². The molecule has 0 aliphatic carbocycles. The molecule has 0 heterocycles. The van der Waals surface area contributed by atoms with Gasteiger partial charge in [-0.15, -0.1) is 0 Å². The van der Waals surface area contributed by atoms with Crippen molar-refractivity contribution in [3.05, 3.63) is 59.4 Å². The van der Waals surface area contributed by atoms with Crippen LogP contribution in [0.3, 0.4) is 0 Å². The van der Waals surface area contributed by atoms with Crippen molar-refractivity contribution >= 4 is 5.96 Å². The van der Waals surface area contributed by atoms with Gasteiger partial charge in [-0.05, 0) is 26.0 Å². The van der Waals surface area contributed by atoms with Crippen molar-refractivity contribution in [1.29, 1.82) is 0 Å². The number of nitrogens with zero attached hydrogens (tertiary/aromatic N) is 1. The first kappa shape index (κ1) is 23.3. The number of halogens is 3. The first-order valence-corrected chi connectivity index (χ1v) is 9.60. The van der Waals surface area contributed by atoms with Crippen molar-refractivity contribution in [3.63, 3.8) is 0 Å². The molecule has 3 N–H and O–H groups in total. The van der Waals surface area contributed by atoms with Crippen LogP contribution in [-0.2, 0) is 6.54 Å². The van der Waals surface area contributed by atoms with Crippen LogP contribution in [0.25, 0.3) is 0 Å². The van der Waals surface area contributed by atoms with Gasteiger partial charge in [-0.25, -0.2) is 9.38 Å². The number of alkyl halides is 2. The van der Waals surface area contributed by atoms with E-state index in [-0.39, 0.29) is 30.2 Å². The van der Waals surface area contributed by atoms with E-state index in [4.69, 9.17) is 4.74 Å². The first-order valence-electron chi connectivity index (χ1n) is 9.60. The first-order chi connectivity index (χ1) is 14.5. The van der Waals surface area contributed by atoms with Gasteiger partial charge in [0, 0.05) is 24.2 Å². The van der Waals surface area contributed by atoms with E-state index in [9.17, 15) is 18.3 Å². The fraction of sp³-hybridized carbons (Fsp3) is 0.381. The summed E-state index contributed by atoms with van der Waals surface area (Å²) in [5.74, 6) is -0.0354. The van der Waals surface area contributed by atoms with Gasteiger partial charge in [0.25, 0.3) is 0 Å². The van der Waals surface area contributed by atoms with Gasteiger partial charge in [-0.1, -0.05) is 30.3 Å². The highest BCUT2D eigenvalue weighted by molar-refractivity contribution is 5.79. The molecule has 0 saturated carbocycles. The number of aliphatic imine (C=N–C) groups is 1. The summed E-state index contributed by atoms with van der Waals surface area (Å²) in [6.07, 6.45) is -1.09. The third kappa shape index (κ3) is 6.84. The van der Waals surface area contributed by atoms with Gasteiger partial charge in [0.05, 0.1) is 19.3 Å². The lowest BCUT2D eigenvalue weighted by Gasteiger charge is -2.17. The number of hydrogen-bond acceptors (Lipinski definition) is 4. The Labute approximate surface area is 173 Å². The molecule has 2 aromatic carbocycles. The highest BCUT2D eigenvalue weighted by atomic mass is 19.3. The van der Waals surface area contributed by atoms with E-state index in [1.54, 1.807) is 37.3 Å². The number of aliphatic hydroxyl groups excluding tert-OH is 1. The van der Waals surface area contributed by atoms with E-state index in [2.05, 4.69) is 20.4 Å². The van der Waals surface area contributed by atoms with Gasteiger partial charge in [-0.2, -0.15) is 8.78 Å². The molecule has 0 aromatic heterocycles. The molecular formula is C21H26F3N3O3. The minimum absolute atomic E-state index is 0.00609. The van der Waals surface area contributed by atoms with E-state index in [0.29, 0.717) is 24.7 Å². The van der Waals surface area contributed by atoms with Crippen LogP contribution in [0.1, 0.15) is 31.1 Å². The lowest BCUT2D eigenvalue weighted by Crippen LogP contribution is -2.39. The standard InChI is InChI=1S/C21H26F3N3O3/c1-3-25-21(27-13-17(28)15-9-5-6-10-16(15)22)26-12-14-8-7-11-18(29-4-2)19(14)30-20(23)24/h5-11,17,20,28H,3-4,12-13H2,1-2H3,(H2,25,26,27). The maximum absolute atomic E-state index is 13.8. The normalized spacial score (nSPS) is 12.6. The summed E-state index contributed by atoms with van der Waals surface area (Å²) in [4.78, 5) is 4.35. The zero-order valence-electron chi connectivity index (χ0n) is 16.9. The van der Waals surface area contributed by atoms with Gasteiger partial charge < -0.3 is 25.2 Å². The second-order valence-electron chi connectivity index (χ2n) is 6.17. The molecule has 0 fully saturated rings. The number of nitrogens with one attached hydrogen (secondary N) is 2. The summed E-state index contributed by atoms with van der Waals surface area (Å²) in [5.41, 5.74) is 0.575. The van der Waals surface area contributed by atoms with E-state index in [1.165, 1.54) is 12.1 Å². The molecule has 0 bridgehead atoms. The molecule has 1 atom stereocenters. The molecular weight excluding hydrogens is 399 g/mol. The largest absolute Gasteiger partial charge is 0.490 e. The minimum Gasteiger partial charge on any atom is -0.490 e. The van der Waals surface area contributed by atoms with Crippen LogP contribution in [0.4, 0.5) is 13.2 Å². The zero-order valence-corrected chi connectivity index (χ0v) is 16.9. The van der Waals surface area contributed by atoms with Gasteiger partial charge in [0.15, 0.2) is 17.5 Å². The molecule has 2 aromatic rings. The third-order valence-corrected chi connectivity index (χ3v) is 4.05. The van der Waals surface area contributed by atoms with Gasteiger partial charge in [0.2, 0.25) is 0 Å². The molecule has 9 heteroatoms. The van der Waals surface area contributed by atoms with Crippen LogP contribution < -0.4 is 20.1 Å². The Morgan fingerprint density at radius 1 is 1.10 bits per heavy atom. The Morgan fingerprint density at radius 3 is 2.53 bits per heavy atom. The number of rotatable bonds is 10. The van der Waals surface area contributed by atoms with Crippen molar-refractivity contribution in [2.75, 3.05) is 19.7 Å². The minimum atomic E-state index is -3.00. The number of aliphatic hydroxyl groups is 1. The average Bonchev–Trinajstić information content (AvgIpc) is 2.72. The molecule has 0 spiro atoms. The molecule has 164 valence electrons. The van der Waals surface area contributed by atoms with Gasteiger partial charge in [0.1, 0.15) is 5.82 Å². The maximum Gasteiger partial charge on any atom is 0.387 e. The van der Waals surface area contributed by atoms with Gasteiger partial charge >= 0.3 is 6.61 Å². The molecule has 6 nitrogen and oxygen atoms in total. The van der Waals surface area contributed by atoms with Crippen molar-refractivity contribution in [3.8, 4) is 11.5 Å². The third-order valence-electron chi connectivity index (χ3n) is 4.05. The Morgan fingerprint density at radius 2 is 1.87 bits per heavy atom. The second-order valence-corrected chi connectivity index (χ2v) is 6.17. The molecule has 0 saturated heterocycles. The molecule has 0 aliphatic rings. The zero-order chi connectivity index (χ0) is 21.9. The summed E-state index contributed by atoms with van der Waals surface area (Å²) in [5, 5.41) is 16.1. The van der Waals surface area contributed by atoms with Crippen LogP contribution in [-0.4, -0.2) is 37.4 Å². The maximum atomic E-state index is 13.8. The molecule has 0 amide bonds. The van der Waals surface area contributed by atoms with E-state index < -0.39 is 18.5 Å². The number of benzene rings is 2. The summed E-state index contributed by atoms with van der Waals surface area (Å²) >= 11 is 0. The number of para-hydroxylation sites is 1. The Balaban J connectivity index is 2.14. The topological polar surface area (TPSA) is 75.1 Å². The predicted octanol–water partition coefficient (Wildman–Crippen LogP) is 3.61. The summed E-state index contributed by atoms with van der Waals surface area (Å²) in [6.45, 7) is 1.44. The Bertz CT molecular complexity index is 834. The monoisotopic (exact) mass is 425 g/mol. The van der Waals surface area contributed by atoms with Crippen molar-refractivity contribution in [2.24, 2.45) is 4.99 Å². The SMILES string of the molecule is CCNC(=NCc1cccc(OCC)c1OC(F)F)NCC(O)c1ccccc1F. The smallest absolute Gasteiger partial charge is 0.387 e. The van der Waals surface area contributed by atoms with Crippen molar-refractivity contribution < 1.29 is 27.8 Å². The van der Waals surface area contributed by atoms with Crippen molar-refractivity contribution in [2.45, 2.75) is 33.1 Å². The predicted molar refractivity (Wildman–Crippen MR) is 108 cm³/mol. The van der Waals surface area contributed by atoms with Crippen LogP contribution in [0.5, 0.6) is 11.5 Å². The summed E-state index contributed by atoms with van der Waals surface area (Å²) < 4.78 is 49.5. The Hall–Kier alpha value is -2.94. The fourth-order valence-corrected chi connectivity index (χ4v) is 2.73. The van der Waals surface area contributed by atoms with E-state index in [0.717, 1.165) is 0 Å². The molecule has 2 rings (SSSR count).